The number of allylic oxidation sites excluding steroid dienone is 6. The number of aromatic nitrogens is 5. The number of halogens is 1. The van der Waals surface area contributed by atoms with Crippen LogP contribution in [0, 0.1) is 0 Å². The van der Waals surface area contributed by atoms with Crippen LogP contribution in [0.25, 0.3) is 39.1 Å². The predicted molar refractivity (Wildman–Crippen MR) is 225 cm³/mol. The van der Waals surface area contributed by atoms with Crippen molar-refractivity contribution in [3.63, 3.8) is 0 Å². The van der Waals surface area contributed by atoms with Crippen molar-refractivity contribution in [3.8, 4) is 28.1 Å². The molecule has 0 radical (unpaired) electrons. The van der Waals surface area contributed by atoms with Crippen LogP contribution in [0.5, 0.6) is 0 Å². The summed E-state index contributed by atoms with van der Waals surface area (Å²) in [5.74, 6) is 0.462. The fourth-order valence-electron chi connectivity index (χ4n) is 6.43. The number of rotatable bonds is 12. The van der Waals surface area contributed by atoms with Crippen molar-refractivity contribution in [1.82, 2.24) is 25.2 Å². The fourth-order valence-corrected chi connectivity index (χ4v) is 6.53. The molecule has 7 aromatic rings. The van der Waals surface area contributed by atoms with Crippen molar-refractivity contribution in [2.45, 2.75) is 13.8 Å². The first-order valence-electron chi connectivity index (χ1n) is 17.6. The highest BCUT2D eigenvalue weighted by molar-refractivity contribution is 6.29. The maximum absolute atomic E-state index is 6.08. The third kappa shape index (κ3) is 7.26. The molecule has 5 aromatic carbocycles. The van der Waals surface area contributed by atoms with Crippen LogP contribution in [0.1, 0.15) is 13.8 Å². The first-order chi connectivity index (χ1) is 26.5. The number of anilines is 4. The molecule has 0 bridgehead atoms. The minimum absolute atomic E-state index is 0.296. The summed E-state index contributed by atoms with van der Waals surface area (Å²) in [4.78, 5) is 5.91. The third-order valence-corrected chi connectivity index (χ3v) is 9.11. The SMILES string of the molecule is C=CC=C(C=C)N(c1ccccc1)c1ccc(-c2ccc(-c3ccc(N(C(C=CC)=CC)c4ccccc4)cc3)c3nn(-c4ccc(Cl)nn4)nc23)cc1. The first kappa shape index (κ1) is 35.6. The normalized spacial score (nSPS) is 11.9. The van der Waals surface area contributed by atoms with E-state index in [9.17, 15) is 0 Å². The minimum Gasteiger partial charge on any atom is -0.311 e. The van der Waals surface area contributed by atoms with Gasteiger partial charge in [-0.1, -0.05) is 116 Å². The van der Waals surface area contributed by atoms with Gasteiger partial charge >= 0.3 is 0 Å². The van der Waals surface area contributed by atoms with Crippen molar-refractivity contribution < 1.29 is 0 Å². The van der Waals surface area contributed by atoms with E-state index in [0.29, 0.717) is 11.0 Å². The average molecular weight is 724 g/mol. The summed E-state index contributed by atoms with van der Waals surface area (Å²) in [6, 6.07) is 45.1. The quantitative estimate of drug-likeness (QED) is 0.117. The average Bonchev–Trinajstić information content (AvgIpc) is 3.67. The molecule has 8 heteroatoms. The van der Waals surface area contributed by atoms with Crippen molar-refractivity contribution in [3.05, 3.63) is 200 Å². The lowest BCUT2D eigenvalue weighted by atomic mass is 9.97. The lowest BCUT2D eigenvalue weighted by molar-refractivity contribution is 0.724. The molecule has 2 aromatic heterocycles. The number of benzene rings is 5. The molecule has 0 fully saturated rings. The van der Waals surface area contributed by atoms with E-state index in [4.69, 9.17) is 21.8 Å². The maximum Gasteiger partial charge on any atom is 0.196 e. The molecule has 0 aliphatic rings. The Kier molecular flexibility index (Phi) is 10.7. The van der Waals surface area contributed by atoms with Crippen molar-refractivity contribution >= 4 is 45.4 Å². The summed E-state index contributed by atoms with van der Waals surface area (Å²) >= 11 is 6.08. The number of hydrogen-bond donors (Lipinski definition) is 0. The minimum atomic E-state index is 0.296. The molecular formula is C46H38ClN7. The lowest BCUT2D eigenvalue weighted by Crippen LogP contribution is -2.14. The number of fused-ring (bicyclic) bond motifs is 1. The van der Waals surface area contributed by atoms with E-state index < -0.39 is 0 Å². The van der Waals surface area contributed by atoms with Gasteiger partial charge in [0.05, 0.1) is 0 Å². The zero-order valence-electron chi connectivity index (χ0n) is 30.1. The van der Waals surface area contributed by atoms with Gasteiger partial charge in [0.2, 0.25) is 0 Å². The Bertz CT molecular complexity index is 2480. The lowest BCUT2D eigenvalue weighted by Gasteiger charge is -2.26. The van der Waals surface area contributed by atoms with E-state index in [1.165, 1.54) is 4.80 Å². The Labute approximate surface area is 320 Å². The Morgan fingerprint density at radius 2 is 1.09 bits per heavy atom. The summed E-state index contributed by atoms with van der Waals surface area (Å²) in [6.07, 6.45) is 11.8. The predicted octanol–water partition coefficient (Wildman–Crippen LogP) is 12.2. The highest BCUT2D eigenvalue weighted by atomic mass is 35.5. The Morgan fingerprint density at radius 1 is 0.593 bits per heavy atom. The molecule has 54 heavy (non-hydrogen) atoms. The summed E-state index contributed by atoms with van der Waals surface area (Å²) in [5, 5.41) is 18.6. The van der Waals surface area contributed by atoms with Gasteiger partial charge in [0.25, 0.3) is 0 Å². The van der Waals surface area contributed by atoms with Crippen LogP contribution >= 0.6 is 11.6 Å². The van der Waals surface area contributed by atoms with Crippen molar-refractivity contribution in [2.75, 3.05) is 9.80 Å². The summed E-state index contributed by atoms with van der Waals surface area (Å²) in [6.45, 7) is 12.1. The molecule has 0 saturated carbocycles. The molecule has 7 nitrogen and oxygen atoms in total. The van der Waals surface area contributed by atoms with Crippen LogP contribution in [0.3, 0.4) is 0 Å². The standard InChI is InChI=1S/C46H38ClN7/c1-5-15-35(7-3)52(37-17-11-9-12-18-37)39-25-21-33(22-26-39)41-29-30-42(46-45(41)50-54(51-46)44-32-31-43(47)48-49-44)34-23-27-40(28-24-34)53(36(8-4)16-6-2)38-19-13-10-14-20-38/h5-32H,1,3H2,2,4H3. The molecule has 0 atom stereocenters. The molecule has 0 saturated heterocycles. The molecular weight excluding hydrogens is 686 g/mol. The Morgan fingerprint density at radius 3 is 1.52 bits per heavy atom. The van der Waals surface area contributed by atoms with Crippen LogP contribution in [-0.4, -0.2) is 25.2 Å². The van der Waals surface area contributed by atoms with E-state index in [-0.39, 0.29) is 0 Å². The van der Waals surface area contributed by atoms with E-state index in [2.05, 4.69) is 155 Å². The largest absolute Gasteiger partial charge is 0.311 e. The van der Waals surface area contributed by atoms with Gasteiger partial charge in [-0.2, -0.15) is 0 Å². The zero-order chi connectivity index (χ0) is 37.4. The highest BCUT2D eigenvalue weighted by Gasteiger charge is 2.19. The Balaban J connectivity index is 1.32. The maximum atomic E-state index is 6.08. The summed E-state index contributed by atoms with van der Waals surface area (Å²) in [5.41, 5.74) is 11.4. The topological polar surface area (TPSA) is 63.0 Å². The number of hydrogen-bond acceptors (Lipinski definition) is 6. The van der Waals surface area contributed by atoms with Crippen LogP contribution < -0.4 is 9.80 Å². The van der Waals surface area contributed by atoms with E-state index >= 15 is 0 Å². The van der Waals surface area contributed by atoms with Crippen LogP contribution in [0.2, 0.25) is 5.15 Å². The highest BCUT2D eigenvalue weighted by Crippen LogP contribution is 2.38. The second-order valence-corrected chi connectivity index (χ2v) is 12.6. The molecule has 264 valence electrons. The first-order valence-corrected chi connectivity index (χ1v) is 18.0. The van der Waals surface area contributed by atoms with Crippen molar-refractivity contribution in [2.24, 2.45) is 0 Å². The number of nitrogens with zero attached hydrogens (tertiary/aromatic N) is 7. The second kappa shape index (κ2) is 16.2. The molecule has 0 amide bonds. The third-order valence-electron chi connectivity index (χ3n) is 8.91. The van der Waals surface area contributed by atoms with Crippen LogP contribution in [0.4, 0.5) is 22.7 Å². The summed E-state index contributed by atoms with van der Waals surface area (Å²) in [7, 11) is 0. The van der Waals surface area contributed by atoms with Gasteiger partial charge in [0.1, 0.15) is 11.0 Å². The molecule has 0 N–H and O–H groups in total. The molecule has 0 spiro atoms. The van der Waals surface area contributed by atoms with Gasteiger partial charge < -0.3 is 9.80 Å². The molecule has 2 heterocycles. The van der Waals surface area contributed by atoms with Gasteiger partial charge in [-0.3, -0.25) is 0 Å². The van der Waals surface area contributed by atoms with Crippen LogP contribution in [-0.2, 0) is 0 Å². The molecule has 0 unspecified atom stereocenters. The molecule has 7 rings (SSSR count). The van der Waals surface area contributed by atoms with E-state index in [1.807, 2.05) is 43.3 Å². The van der Waals surface area contributed by atoms with E-state index in [0.717, 1.165) is 67.4 Å². The number of para-hydroxylation sites is 2. The van der Waals surface area contributed by atoms with Gasteiger partial charge in [0, 0.05) is 45.3 Å². The summed E-state index contributed by atoms with van der Waals surface area (Å²) < 4.78 is 0. The van der Waals surface area contributed by atoms with Gasteiger partial charge in [0.15, 0.2) is 11.0 Å². The molecule has 0 aliphatic carbocycles. The Hall–Kier alpha value is -6.83. The second-order valence-electron chi connectivity index (χ2n) is 12.2. The smallest absolute Gasteiger partial charge is 0.196 e. The monoisotopic (exact) mass is 723 g/mol. The zero-order valence-corrected chi connectivity index (χ0v) is 30.8. The van der Waals surface area contributed by atoms with Crippen molar-refractivity contribution in [1.29, 1.82) is 0 Å². The van der Waals surface area contributed by atoms with E-state index in [1.54, 1.807) is 18.2 Å². The van der Waals surface area contributed by atoms with Gasteiger partial charge in [-0.25, -0.2) is 0 Å². The van der Waals surface area contributed by atoms with Gasteiger partial charge in [-0.05, 0) is 104 Å². The van der Waals surface area contributed by atoms with Crippen LogP contribution in [0.15, 0.2) is 194 Å². The molecule has 0 aliphatic heterocycles. The fraction of sp³-hybridized carbons (Fsp3) is 0.0435. The van der Waals surface area contributed by atoms with Gasteiger partial charge in [-0.15, -0.1) is 25.2 Å².